The first kappa shape index (κ1) is 9.57. The number of halogens is 1. The Bertz CT molecular complexity index is 142. The molecule has 1 aliphatic rings. The highest BCUT2D eigenvalue weighted by molar-refractivity contribution is 9.09. The lowest BCUT2D eigenvalue weighted by Crippen LogP contribution is -1.96. The van der Waals surface area contributed by atoms with Gasteiger partial charge in [-0.3, -0.25) is 0 Å². The average molecular weight is 219 g/mol. The van der Waals surface area contributed by atoms with Gasteiger partial charge in [0.25, 0.3) is 0 Å². The first-order valence-corrected chi connectivity index (χ1v) is 5.36. The molecule has 1 unspecified atom stereocenters. The molecule has 0 aromatic rings. The highest BCUT2D eigenvalue weighted by atomic mass is 79.9. The molecule has 1 atom stereocenters. The van der Waals surface area contributed by atoms with Crippen molar-refractivity contribution in [2.75, 3.05) is 0 Å². The zero-order valence-electron chi connectivity index (χ0n) is 8.24. The van der Waals surface area contributed by atoms with Crippen molar-refractivity contribution < 1.29 is 0 Å². The quantitative estimate of drug-likeness (QED) is 0.619. The van der Waals surface area contributed by atoms with Gasteiger partial charge in [-0.05, 0) is 23.2 Å². The molecule has 0 bridgehead atoms. The first-order chi connectivity index (χ1) is 4.80. The lowest BCUT2D eigenvalue weighted by atomic mass is 10.0. The third-order valence-electron chi connectivity index (χ3n) is 3.88. The van der Waals surface area contributed by atoms with E-state index in [4.69, 9.17) is 0 Å². The van der Waals surface area contributed by atoms with Crippen LogP contribution in [0.1, 0.15) is 41.0 Å². The minimum Gasteiger partial charge on any atom is -0.0894 e. The van der Waals surface area contributed by atoms with E-state index in [0.29, 0.717) is 15.7 Å². The molecule has 0 spiro atoms. The van der Waals surface area contributed by atoms with Gasteiger partial charge < -0.3 is 0 Å². The lowest BCUT2D eigenvalue weighted by molar-refractivity contribution is 0.457. The average Bonchev–Trinajstić information content (AvgIpc) is 2.11. The fraction of sp³-hybridized carbons (Fsp3) is 1.00. The summed E-state index contributed by atoms with van der Waals surface area (Å²) >= 11 is 3.62. The van der Waals surface area contributed by atoms with Gasteiger partial charge in [0, 0.05) is 4.83 Å². The molecule has 0 amide bonds. The molecular formula is C10H19Br. The van der Waals surface area contributed by atoms with E-state index in [1.165, 1.54) is 6.42 Å². The van der Waals surface area contributed by atoms with Crippen LogP contribution >= 0.6 is 15.9 Å². The molecule has 1 aliphatic carbocycles. The maximum absolute atomic E-state index is 3.62. The Balaban J connectivity index is 2.54. The Hall–Kier alpha value is 0.480. The normalized spacial score (nSPS) is 30.0. The summed E-state index contributed by atoms with van der Waals surface area (Å²) in [6.07, 6.45) is 1.32. The Labute approximate surface area is 78.9 Å². The zero-order valence-corrected chi connectivity index (χ0v) is 9.83. The highest BCUT2D eigenvalue weighted by Crippen LogP contribution is 2.70. The summed E-state index contributed by atoms with van der Waals surface area (Å²) < 4.78 is 0. The van der Waals surface area contributed by atoms with Crippen LogP contribution in [-0.2, 0) is 0 Å². The summed E-state index contributed by atoms with van der Waals surface area (Å²) in [6.45, 7) is 11.8. The van der Waals surface area contributed by atoms with Crippen LogP contribution in [0.25, 0.3) is 0 Å². The molecule has 0 nitrogen and oxygen atoms in total. The first-order valence-electron chi connectivity index (χ1n) is 4.44. The van der Waals surface area contributed by atoms with Gasteiger partial charge in [-0.15, -0.1) is 0 Å². The van der Waals surface area contributed by atoms with Gasteiger partial charge in [-0.25, -0.2) is 0 Å². The van der Waals surface area contributed by atoms with Crippen LogP contribution in [0.2, 0.25) is 0 Å². The molecule has 0 radical (unpaired) electrons. The van der Waals surface area contributed by atoms with E-state index in [2.05, 4.69) is 50.5 Å². The monoisotopic (exact) mass is 218 g/mol. The third-order valence-corrected chi connectivity index (χ3v) is 4.25. The summed E-state index contributed by atoms with van der Waals surface area (Å²) in [4.78, 5) is 0.675. The second kappa shape index (κ2) is 2.48. The van der Waals surface area contributed by atoms with Gasteiger partial charge in [0.2, 0.25) is 0 Å². The Morgan fingerprint density at radius 3 is 1.64 bits per heavy atom. The predicted octanol–water partition coefficient (Wildman–Crippen LogP) is 3.84. The smallest absolute Gasteiger partial charge is 0.0120 e. The fourth-order valence-corrected chi connectivity index (χ4v) is 2.62. The zero-order chi connectivity index (χ0) is 8.86. The third kappa shape index (κ3) is 1.37. The predicted molar refractivity (Wildman–Crippen MR) is 54.1 cm³/mol. The Morgan fingerprint density at radius 1 is 1.18 bits per heavy atom. The van der Waals surface area contributed by atoms with Crippen molar-refractivity contribution in [3.05, 3.63) is 0 Å². The molecule has 1 fully saturated rings. The van der Waals surface area contributed by atoms with Gasteiger partial charge in [0.15, 0.2) is 0 Å². The SMILES string of the molecule is CC(Br)CC1C(C)(C)C1(C)C. The number of alkyl halides is 1. The van der Waals surface area contributed by atoms with Crippen LogP contribution in [0.5, 0.6) is 0 Å². The number of rotatable bonds is 2. The molecule has 66 valence electrons. The van der Waals surface area contributed by atoms with Gasteiger partial charge in [-0.1, -0.05) is 50.5 Å². The molecular weight excluding hydrogens is 200 g/mol. The van der Waals surface area contributed by atoms with E-state index in [1.807, 2.05) is 0 Å². The summed E-state index contributed by atoms with van der Waals surface area (Å²) in [7, 11) is 0. The van der Waals surface area contributed by atoms with E-state index < -0.39 is 0 Å². The molecule has 0 aromatic carbocycles. The van der Waals surface area contributed by atoms with Crippen LogP contribution in [0.15, 0.2) is 0 Å². The maximum atomic E-state index is 3.62. The minimum atomic E-state index is 0.565. The maximum Gasteiger partial charge on any atom is 0.0120 e. The van der Waals surface area contributed by atoms with Crippen molar-refractivity contribution in [1.29, 1.82) is 0 Å². The standard InChI is InChI=1S/C10H19Br/c1-7(11)6-8-9(2,3)10(8,4)5/h7-8H,6H2,1-5H3. The second-order valence-corrected chi connectivity index (χ2v) is 6.58. The summed E-state index contributed by atoms with van der Waals surface area (Å²) in [5.41, 5.74) is 1.13. The molecule has 11 heavy (non-hydrogen) atoms. The van der Waals surface area contributed by atoms with E-state index in [0.717, 1.165) is 5.92 Å². The van der Waals surface area contributed by atoms with E-state index >= 15 is 0 Å². The van der Waals surface area contributed by atoms with Crippen molar-refractivity contribution in [1.82, 2.24) is 0 Å². The highest BCUT2D eigenvalue weighted by Gasteiger charge is 2.63. The molecule has 0 saturated heterocycles. The Kier molecular flexibility index (Phi) is 2.16. The lowest BCUT2D eigenvalue weighted by Gasteiger charge is -2.04. The van der Waals surface area contributed by atoms with E-state index in [-0.39, 0.29) is 0 Å². The molecule has 1 rings (SSSR count). The Morgan fingerprint density at radius 2 is 1.55 bits per heavy atom. The number of hydrogen-bond donors (Lipinski definition) is 0. The fourth-order valence-electron chi connectivity index (χ4n) is 2.25. The number of hydrogen-bond acceptors (Lipinski definition) is 0. The van der Waals surface area contributed by atoms with Crippen molar-refractivity contribution in [3.8, 4) is 0 Å². The van der Waals surface area contributed by atoms with E-state index in [9.17, 15) is 0 Å². The van der Waals surface area contributed by atoms with Gasteiger partial charge >= 0.3 is 0 Å². The summed E-state index contributed by atoms with van der Waals surface area (Å²) in [6, 6.07) is 0. The van der Waals surface area contributed by atoms with Crippen molar-refractivity contribution in [3.63, 3.8) is 0 Å². The largest absolute Gasteiger partial charge is 0.0894 e. The van der Waals surface area contributed by atoms with Gasteiger partial charge in [0.1, 0.15) is 0 Å². The molecule has 0 N–H and O–H groups in total. The van der Waals surface area contributed by atoms with Gasteiger partial charge in [-0.2, -0.15) is 0 Å². The molecule has 0 aromatic heterocycles. The second-order valence-electron chi connectivity index (χ2n) is 5.01. The molecule has 1 heteroatoms. The van der Waals surface area contributed by atoms with Crippen LogP contribution in [-0.4, -0.2) is 4.83 Å². The van der Waals surface area contributed by atoms with Crippen LogP contribution in [0.4, 0.5) is 0 Å². The molecule has 0 aliphatic heterocycles. The van der Waals surface area contributed by atoms with Crippen LogP contribution in [0.3, 0.4) is 0 Å². The molecule has 1 saturated carbocycles. The minimum absolute atomic E-state index is 0.565. The van der Waals surface area contributed by atoms with Crippen molar-refractivity contribution in [2.45, 2.75) is 45.9 Å². The topological polar surface area (TPSA) is 0 Å². The van der Waals surface area contributed by atoms with Crippen molar-refractivity contribution in [2.24, 2.45) is 16.7 Å². The summed E-state index contributed by atoms with van der Waals surface area (Å²) in [5.74, 6) is 0.907. The van der Waals surface area contributed by atoms with E-state index in [1.54, 1.807) is 0 Å². The van der Waals surface area contributed by atoms with Crippen LogP contribution < -0.4 is 0 Å². The van der Waals surface area contributed by atoms with Crippen LogP contribution in [0, 0.1) is 16.7 Å². The van der Waals surface area contributed by atoms with Crippen molar-refractivity contribution >= 4 is 15.9 Å². The van der Waals surface area contributed by atoms with Gasteiger partial charge in [0.05, 0.1) is 0 Å². The summed E-state index contributed by atoms with van der Waals surface area (Å²) in [5, 5.41) is 0. The molecule has 0 heterocycles.